The first-order chi connectivity index (χ1) is 9.99. The Morgan fingerprint density at radius 2 is 2.10 bits per heavy atom. The second-order valence-electron chi connectivity index (χ2n) is 5.49. The maximum Gasteiger partial charge on any atom is 0.241 e. The highest BCUT2D eigenvalue weighted by Crippen LogP contribution is 2.21. The zero-order chi connectivity index (χ0) is 15.4. The van der Waals surface area contributed by atoms with Crippen LogP contribution in [-0.4, -0.2) is 35.8 Å². The van der Waals surface area contributed by atoms with Crippen LogP contribution in [0.5, 0.6) is 0 Å². The molecule has 5 N–H and O–H groups in total. The van der Waals surface area contributed by atoms with Crippen molar-refractivity contribution in [3.8, 4) is 0 Å². The van der Waals surface area contributed by atoms with Crippen LogP contribution in [0.3, 0.4) is 0 Å². The third-order valence-electron chi connectivity index (χ3n) is 4.00. The minimum atomic E-state index is -0.327. The number of amides is 2. The fourth-order valence-corrected chi connectivity index (χ4v) is 2.60. The largest absolute Gasteiger partial charge is 0.397 e. The van der Waals surface area contributed by atoms with Gasteiger partial charge in [-0.3, -0.25) is 14.5 Å². The molecule has 0 radical (unpaired) electrons. The van der Waals surface area contributed by atoms with E-state index in [2.05, 4.69) is 5.32 Å². The lowest BCUT2D eigenvalue weighted by Crippen LogP contribution is -2.49. The Morgan fingerprint density at radius 3 is 2.76 bits per heavy atom. The summed E-state index contributed by atoms with van der Waals surface area (Å²) >= 11 is 0. The maximum atomic E-state index is 12.3. The Bertz CT molecular complexity index is 532. The fourth-order valence-electron chi connectivity index (χ4n) is 2.60. The quantitative estimate of drug-likeness (QED) is 0.714. The highest BCUT2D eigenvalue weighted by molar-refractivity contribution is 5.97. The number of rotatable bonds is 4. The van der Waals surface area contributed by atoms with Crippen molar-refractivity contribution < 1.29 is 9.59 Å². The van der Waals surface area contributed by atoms with Crippen LogP contribution in [0.2, 0.25) is 0 Å². The lowest BCUT2D eigenvalue weighted by Gasteiger charge is -2.34. The summed E-state index contributed by atoms with van der Waals surface area (Å²) < 4.78 is 0. The minimum absolute atomic E-state index is 0.127. The predicted molar refractivity (Wildman–Crippen MR) is 82.4 cm³/mol. The van der Waals surface area contributed by atoms with Gasteiger partial charge in [-0.15, -0.1) is 0 Å². The molecule has 1 heterocycles. The lowest BCUT2D eigenvalue weighted by atomic mass is 9.96. The SMILES string of the molecule is CC(C(=O)Nc1ccccc1N)N1CCCC(C(N)=O)C1. The molecule has 0 aliphatic carbocycles. The molecule has 1 fully saturated rings. The molecular formula is C15H22N4O2. The second kappa shape index (κ2) is 6.58. The summed E-state index contributed by atoms with van der Waals surface area (Å²) in [5.74, 6) is -0.589. The van der Waals surface area contributed by atoms with Crippen LogP contribution in [0, 0.1) is 5.92 Å². The first kappa shape index (κ1) is 15.3. The van der Waals surface area contributed by atoms with Gasteiger partial charge in [0.15, 0.2) is 0 Å². The number of hydrogen-bond acceptors (Lipinski definition) is 4. The van der Waals surface area contributed by atoms with E-state index in [9.17, 15) is 9.59 Å². The number of hydrogen-bond donors (Lipinski definition) is 3. The number of nitrogen functional groups attached to an aromatic ring is 1. The van der Waals surface area contributed by atoms with Crippen molar-refractivity contribution in [2.45, 2.75) is 25.8 Å². The van der Waals surface area contributed by atoms with E-state index >= 15 is 0 Å². The molecule has 1 aromatic carbocycles. The predicted octanol–water partition coefficient (Wildman–Crippen LogP) is 0.793. The van der Waals surface area contributed by atoms with Crippen LogP contribution < -0.4 is 16.8 Å². The molecule has 2 rings (SSSR count). The van der Waals surface area contributed by atoms with Crippen molar-refractivity contribution in [1.29, 1.82) is 0 Å². The van der Waals surface area contributed by atoms with Crippen molar-refractivity contribution in [1.82, 2.24) is 4.90 Å². The normalized spacial score (nSPS) is 20.7. The van der Waals surface area contributed by atoms with Gasteiger partial charge in [-0.25, -0.2) is 0 Å². The smallest absolute Gasteiger partial charge is 0.241 e. The molecule has 1 saturated heterocycles. The van der Waals surface area contributed by atoms with Gasteiger partial charge in [0.2, 0.25) is 11.8 Å². The topological polar surface area (TPSA) is 101 Å². The molecule has 1 aromatic rings. The Labute approximate surface area is 124 Å². The summed E-state index contributed by atoms with van der Waals surface area (Å²) in [6, 6.07) is 6.82. The third-order valence-corrected chi connectivity index (χ3v) is 4.00. The standard InChI is InChI=1S/C15H22N4O2/c1-10(19-8-4-5-11(9-19)14(17)20)15(21)18-13-7-3-2-6-12(13)16/h2-3,6-7,10-11H,4-5,8-9,16H2,1H3,(H2,17,20)(H,18,21). The zero-order valence-electron chi connectivity index (χ0n) is 12.2. The molecule has 0 aromatic heterocycles. The lowest BCUT2D eigenvalue weighted by molar-refractivity contribution is -0.127. The van der Waals surface area contributed by atoms with Crippen LogP contribution in [0.25, 0.3) is 0 Å². The highest BCUT2D eigenvalue weighted by atomic mass is 16.2. The Balaban J connectivity index is 1.99. The minimum Gasteiger partial charge on any atom is -0.397 e. The molecule has 6 heteroatoms. The van der Waals surface area contributed by atoms with Gasteiger partial charge in [0.1, 0.15) is 0 Å². The monoisotopic (exact) mass is 290 g/mol. The molecule has 2 amide bonds. The molecular weight excluding hydrogens is 268 g/mol. The van der Waals surface area contributed by atoms with Gasteiger partial charge in [-0.05, 0) is 38.4 Å². The van der Waals surface area contributed by atoms with Crippen LogP contribution in [0.4, 0.5) is 11.4 Å². The number of primary amides is 1. The first-order valence-corrected chi connectivity index (χ1v) is 7.17. The number of nitrogens with zero attached hydrogens (tertiary/aromatic N) is 1. The first-order valence-electron chi connectivity index (χ1n) is 7.17. The molecule has 21 heavy (non-hydrogen) atoms. The van der Waals surface area contributed by atoms with Gasteiger partial charge in [0, 0.05) is 6.54 Å². The number of carbonyl (C=O) groups is 2. The number of piperidine rings is 1. The summed E-state index contributed by atoms with van der Waals surface area (Å²) in [5.41, 5.74) is 12.3. The average Bonchev–Trinajstić information content (AvgIpc) is 2.49. The van der Waals surface area contributed by atoms with Crippen molar-refractivity contribution in [2.24, 2.45) is 11.7 Å². The van der Waals surface area contributed by atoms with Gasteiger partial charge < -0.3 is 16.8 Å². The van der Waals surface area contributed by atoms with Crippen LogP contribution in [-0.2, 0) is 9.59 Å². The Kier molecular flexibility index (Phi) is 4.80. The van der Waals surface area contributed by atoms with E-state index in [0.717, 1.165) is 19.4 Å². The number of nitrogens with two attached hydrogens (primary N) is 2. The van der Waals surface area contributed by atoms with Crippen LogP contribution >= 0.6 is 0 Å². The maximum absolute atomic E-state index is 12.3. The number of anilines is 2. The molecule has 2 unspecified atom stereocenters. The van der Waals surface area contributed by atoms with E-state index in [1.807, 2.05) is 24.0 Å². The van der Waals surface area contributed by atoms with Crippen molar-refractivity contribution in [3.05, 3.63) is 24.3 Å². The molecule has 6 nitrogen and oxygen atoms in total. The van der Waals surface area contributed by atoms with E-state index in [1.165, 1.54) is 0 Å². The summed E-state index contributed by atoms with van der Waals surface area (Å²) in [5, 5.41) is 2.83. The zero-order valence-corrected chi connectivity index (χ0v) is 12.2. The molecule has 0 bridgehead atoms. The molecule has 0 saturated carbocycles. The Hall–Kier alpha value is -2.08. The fraction of sp³-hybridized carbons (Fsp3) is 0.467. The van der Waals surface area contributed by atoms with Crippen molar-refractivity contribution in [2.75, 3.05) is 24.1 Å². The number of likely N-dealkylation sites (tertiary alicyclic amines) is 1. The average molecular weight is 290 g/mol. The van der Waals surface area contributed by atoms with Gasteiger partial charge in [-0.2, -0.15) is 0 Å². The van der Waals surface area contributed by atoms with E-state index in [-0.39, 0.29) is 23.8 Å². The number of carbonyl (C=O) groups excluding carboxylic acids is 2. The van der Waals surface area contributed by atoms with Gasteiger partial charge in [-0.1, -0.05) is 12.1 Å². The molecule has 1 aliphatic heterocycles. The number of benzene rings is 1. The highest BCUT2D eigenvalue weighted by Gasteiger charge is 2.29. The van der Waals surface area contributed by atoms with Crippen LogP contribution in [0.1, 0.15) is 19.8 Å². The van der Waals surface area contributed by atoms with Gasteiger partial charge in [0.25, 0.3) is 0 Å². The second-order valence-corrected chi connectivity index (χ2v) is 5.49. The summed E-state index contributed by atoms with van der Waals surface area (Å²) in [7, 11) is 0. The van der Waals surface area contributed by atoms with E-state index in [4.69, 9.17) is 11.5 Å². The van der Waals surface area contributed by atoms with E-state index in [0.29, 0.717) is 17.9 Å². The Morgan fingerprint density at radius 1 is 1.38 bits per heavy atom. The number of nitrogens with one attached hydrogen (secondary N) is 1. The van der Waals surface area contributed by atoms with E-state index in [1.54, 1.807) is 12.1 Å². The van der Waals surface area contributed by atoms with E-state index < -0.39 is 0 Å². The third kappa shape index (κ3) is 3.72. The summed E-state index contributed by atoms with van der Waals surface area (Å²) in [6.07, 6.45) is 1.67. The molecule has 2 atom stereocenters. The van der Waals surface area contributed by atoms with Gasteiger partial charge in [0.05, 0.1) is 23.3 Å². The summed E-state index contributed by atoms with van der Waals surface area (Å²) in [4.78, 5) is 25.6. The molecule has 114 valence electrons. The number of para-hydroxylation sites is 2. The van der Waals surface area contributed by atoms with Crippen molar-refractivity contribution >= 4 is 23.2 Å². The van der Waals surface area contributed by atoms with Gasteiger partial charge >= 0.3 is 0 Å². The summed E-state index contributed by atoms with van der Waals surface area (Å²) in [6.45, 7) is 3.16. The van der Waals surface area contributed by atoms with Crippen LogP contribution in [0.15, 0.2) is 24.3 Å². The van der Waals surface area contributed by atoms with Crippen molar-refractivity contribution in [3.63, 3.8) is 0 Å². The molecule has 0 spiro atoms. The molecule has 1 aliphatic rings.